The maximum absolute atomic E-state index is 11.7. The second kappa shape index (κ2) is 7.13. The Labute approximate surface area is 121 Å². The number of hydrogen-bond acceptors (Lipinski definition) is 4. The molecular formula is C13H17N3O5. The molecule has 0 aliphatic rings. The number of anilines is 2. The van der Waals surface area contributed by atoms with E-state index in [2.05, 4.69) is 10.6 Å². The minimum atomic E-state index is -1.49. The van der Waals surface area contributed by atoms with Gasteiger partial charge in [-0.3, -0.25) is 4.79 Å². The second-order valence-corrected chi connectivity index (χ2v) is 4.53. The number of rotatable bonds is 6. The Morgan fingerprint density at radius 1 is 1.24 bits per heavy atom. The Balaban J connectivity index is 2.69. The van der Waals surface area contributed by atoms with Gasteiger partial charge in [0.1, 0.15) is 6.04 Å². The van der Waals surface area contributed by atoms with Gasteiger partial charge in [0, 0.05) is 25.5 Å². The Bertz CT molecular complexity index is 544. The van der Waals surface area contributed by atoms with E-state index in [1.165, 1.54) is 0 Å². The molecule has 0 saturated heterocycles. The molecule has 0 aliphatic carbocycles. The van der Waals surface area contributed by atoms with Crippen molar-refractivity contribution < 1.29 is 24.6 Å². The molecule has 1 aromatic carbocycles. The summed E-state index contributed by atoms with van der Waals surface area (Å²) in [6.07, 6.45) is -0.694. The van der Waals surface area contributed by atoms with Crippen molar-refractivity contribution in [2.24, 2.45) is 0 Å². The molecule has 0 heterocycles. The highest BCUT2D eigenvalue weighted by molar-refractivity contribution is 5.93. The van der Waals surface area contributed by atoms with Crippen molar-refractivity contribution >= 4 is 29.3 Å². The lowest BCUT2D eigenvalue weighted by atomic mass is 10.2. The quantitative estimate of drug-likeness (QED) is 0.616. The molecule has 1 rings (SSSR count). The zero-order valence-electron chi connectivity index (χ0n) is 11.7. The predicted octanol–water partition coefficient (Wildman–Crippen LogP) is 0.802. The van der Waals surface area contributed by atoms with E-state index in [0.29, 0.717) is 5.69 Å². The minimum Gasteiger partial charge on any atom is -0.481 e. The first kappa shape index (κ1) is 16.3. The molecule has 21 heavy (non-hydrogen) atoms. The number of carboxylic acid groups (broad SMARTS) is 2. The SMILES string of the molecule is CN(C)c1cccc(NC(=O)NC(CC(=O)O)C(=O)O)c1. The van der Waals surface area contributed by atoms with Gasteiger partial charge in [0.2, 0.25) is 0 Å². The van der Waals surface area contributed by atoms with Crippen LogP contribution in [0.5, 0.6) is 0 Å². The number of urea groups is 1. The predicted molar refractivity (Wildman–Crippen MR) is 76.6 cm³/mol. The highest BCUT2D eigenvalue weighted by Crippen LogP contribution is 2.17. The third-order valence-corrected chi connectivity index (χ3v) is 2.60. The van der Waals surface area contributed by atoms with Gasteiger partial charge in [-0.05, 0) is 18.2 Å². The lowest BCUT2D eigenvalue weighted by Gasteiger charge is -2.16. The first-order valence-corrected chi connectivity index (χ1v) is 6.09. The van der Waals surface area contributed by atoms with Crippen LogP contribution < -0.4 is 15.5 Å². The molecule has 1 unspecified atom stereocenters. The highest BCUT2D eigenvalue weighted by Gasteiger charge is 2.22. The molecule has 1 aromatic rings. The van der Waals surface area contributed by atoms with Gasteiger partial charge in [-0.1, -0.05) is 6.07 Å². The summed E-state index contributed by atoms with van der Waals surface area (Å²) >= 11 is 0. The van der Waals surface area contributed by atoms with E-state index < -0.39 is 30.4 Å². The van der Waals surface area contributed by atoms with Gasteiger partial charge < -0.3 is 25.7 Å². The average Bonchev–Trinajstić information content (AvgIpc) is 2.37. The van der Waals surface area contributed by atoms with Crippen LogP contribution in [-0.4, -0.2) is 48.3 Å². The normalized spacial score (nSPS) is 11.3. The molecule has 1 atom stereocenters. The molecule has 4 N–H and O–H groups in total. The second-order valence-electron chi connectivity index (χ2n) is 4.53. The Kier molecular flexibility index (Phi) is 5.53. The van der Waals surface area contributed by atoms with E-state index in [0.717, 1.165) is 5.69 Å². The van der Waals surface area contributed by atoms with E-state index >= 15 is 0 Å². The summed E-state index contributed by atoms with van der Waals surface area (Å²) in [4.78, 5) is 34.9. The lowest BCUT2D eigenvalue weighted by Crippen LogP contribution is -2.44. The largest absolute Gasteiger partial charge is 0.481 e. The van der Waals surface area contributed by atoms with E-state index in [1.54, 1.807) is 18.2 Å². The molecule has 8 heteroatoms. The monoisotopic (exact) mass is 295 g/mol. The molecule has 0 saturated carbocycles. The van der Waals surface area contributed by atoms with Crippen molar-refractivity contribution in [1.29, 1.82) is 0 Å². The van der Waals surface area contributed by atoms with Crippen LogP contribution in [0.25, 0.3) is 0 Å². The zero-order chi connectivity index (χ0) is 16.0. The van der Waals surface area contributed by atoms with Crippen molar-refractivity contribution in [3.05, 3.63) is 24.3 Å². The Hall–Kier alpha value is -2.77. The van der Waals surface area contributed by atoms with Crippen LogP contribution in [0.1, 0.15) is 6.42 Å². The number of benzene rings is 1. The lowest BCUT2D eigenvalue weighted by molar-refractivity contribution is -0.145. The summed E-state index contributed by atoms with van der Waals surface area (Å²) in [6.45, 7) is 0. The van der Waals surface area contributed by atoms with E-state index in [-0.39, 0.29) is 0 Å². The summed E-state index contributed by atoms with van der Waals surface area (Å²) < 4.78 is 0. The van der Waals surface area contributed by atoms with Gasteiger partial charge in [-0.2, -0.15) is 0 Å². The summed E-state index contributed by atoms with van der Waals surface area (Å²) in [5, 5.41) is 22.0. The maximum atomic E-state index is 11.7. The molecule has 0 fully saturated rings. The van der Waals surface area contributed by atoms with E-state index in [4.69, 9.17) is 10.2 Å². The topological polar surface area (TPSA) is 119 Å². The van der Waals surface area contributed by atoms with Crippen molar-refractivity contribution in [3.8, 4) is 0 Å². The minimum absolute atomic E-state index is 0.471. The van der Waals surface area contributed by atoms with Crippen molar-refractivity contribution in [1.82, 2.24) is 5.32 Å². The maximum Gasteiger partial charge on any atom is 0.326 e. The molecule has 0 aromatic heterocycles. The molecule has 0 radical (unpaired) electrons. The molecular weight excluding hydrogens is 278 g/mol. The third-order valence-electron chi connectivity index (χ3n) is 2.60. The number of nitrogens with zero attached hydrogens (tertiary/aromatic N) is 1. The van der Waals surface area contributed by atoms with Crippen LogP contribution in [-0.2, 0) is 9.59 Å². The summed E-state index contributed by atoms with van der Waals surface area (Å²) in [5.41, 5.74) is 1.33. The number of hydrogen-bond donors (Lipinski definition) is 4. The summed E-state index contributed by atoms with van der Waals surface area (Å²) in [7, 11) is 3.68. The van der Waals surface area contributed by atoms with Gasteiger partial charge in [0.05, 0.1) is 6.42 Å². The van der Waals surface area contributed by atoms with E-state index in [1.807, 2.05) is 25.1 Å². The zero-order valence-corrected chi connectivity index (χ0v) is 11.7. The first-order chi connectivity index (χ1) is 9.79. The smallest absolute Gasteiger partial charge is 0.326 e. The van der Waals surface area contributed by atoms with Crippen molar-refractivity contribution in [2.75, 3.05) is 24.3 Å². The summed E-state index contributed by atoms with van der Waals surface area (Å²) in [5.74, 6) is -2.72. The summed E-state index contributed by atoms with van der Waals surface area (Å²) in [6, 6.07) is 4.65. The van der Waals surface area contributed by atoms with E-state index in [9.17, 15) is 14.4 Å². The first-order valence-electron chi connectivity index (χ1n) is 6.09. The molecule has 0 bridgehead atoms. The fraction of sp³-hybridized carbons (Fsp3) is 0.308. The molecule has 8 nitrogen and oxygen atoms in total. The van der Waals surface area contributed by atoms with Crippen LogP contribution in [0.15, 0.2) is 24.3 Å². The molecule has 2 amide bonds. The molecule has 0 aliphatic heterocycles. The van der Waals surface area contributed by atoms with Crippen LogP contribution in [0, 0.1) is 0 Å². The molecule has 0 spiro atoms. The Morgan fingerprint density at radius 3 is 2.43 bits per heavy atom. The van der Waals surface area contributed by atoms with Crippen LogP contribution in [0.3, 0.4) is 0 Å². The Morgan fingerprint density at radius 2 is 1.90 bits per heavy atom. The van der Waals surface area contributed by atoms with Crippen LogP contribution in [0.2, 0.25) is 0 Å². The molecule has 114 valence electrons. The number of aliphatic carboxylic acids is 2. The number of amides is 2. The third kappa shape index (κ3) is 5.39. The van der Waals surface area contributed by atoms with Crippen molar-refractivity contribution in [3.63, 3.8) is 0 Å². The van der Waals surface area contributed by atoms with Crippen LogP contribution >= 0.6 is 0 Å². The number of carbonyl (C=O) groups excluding carboxylic acids is 1. The van der Waals surface area contributed by atoms with Gasteiger partial charge in [-0.15, -0.1) is 0 Å². The fourth-order valence-corrected chi connectivity index (χ4v) is 1.56. The number of nitrogens with one attached hydrogen (secondary N) is 2. The van der Waals surface area contributed by atoms with Crippen LogP contribution in [0.4, 0.5) is 16.2 Å². The fourth-order valence-electron chi connectivity index (χ4n) is 1.56. The average molecular weight is 295 g/mol. The van der Waals surface area contributed by atoms with Gasteiger partial charge in [0.25, 0.3) is 0 Å². The number of carboxylic acids is 2. The highest BCUT2D eigenvalue weighted by atomic mass is 16.4. The van der Waals surface area contributed by atoms with Crippen molar-refractivity contribution in [2.45, 2.75) is 12.5 Å². The standard InChI is InChI=1S/C13H17N3O5/c1-16(2)9-5-3-4-8(6-9)14-13(21)15-10(12(19)20)7-11(17)18/h3-6,10H,7H2,1-2H3,(H,17,18)(H,19,20)(H2,14,15,21). The van der Waals surface area contributed by atoms with Gasteiger partial charge in [0.15, 0.2) is 0 Å². The number of carbonyl (C=O) groups is 3. The van der Waals surface area contributed by atoms with Gasteiger partial charge in [-0.25, -0.2) is 9.59 Å². The van der Waals surface area contributed by atoms with Gasteiger partial charge >= 0.3 is 18.0 Å².